The van der Waals surface area contributed by atoms with Crippen molar-refractivity contribution in [3.05, 3.63) is 17.5 Å². The van der Waals surface area contributed by atoms with Crippen molar-refractivity contribution in [1.82, 2.24) is 14.9 Å². The zero-order chi connectivity index (χ0) is 16.5. The molecule has 1 atom stereocenters. The highest BCUT2D eigenvalue weighted by atomic mass is 32.2. The Bertz CT molecular complexity index is 600. The van der Waals surface area contributed by atoms with E-state index in [1.165, 1.54) is 23.8 Å². The summed E-state index contributed by atoms with van der Waals surface area (Å²) < 4.78 is 10.2. The van der Waals surface area contributed by atoms with Gasteiger partial charge in [0.1, 0.15) is 5.60 Å². The summed E-state index contributed by atoms with van der Waals surface area (Å²) in [6.45, 7) is 5.51. The highest BCUT2D eigenvalue weighted by Crippen LogP contribution is 2.35. The van der Waals surface area contributed by atoms with E-state index in [0.717, 1.165) is 0 Å². The summed E-state index contributed by atoms with van der Waals surface area (Å²) in [7, 11) is 1.28. The minimum Gasteiger partial charge on any atom is -0.467 e. The van der Waals surface area contributed by atoms with E-state index in [0.29, 0.717) is 16.4 Å². The van der Waals surface area contributed by atoms with Crippen LogP contribution in [0.4, 0.5) is 4.79 Å². The molecule has 0 spiro atoms. The van der Waals surface area contributed by atoms with Gasteiger partial charge in [-0.2, -0.15) is 0 Å². The molecule has 7 nitrogen and oxygen atoms in total. The van der Waals surface area contributed by atoms with E-state index in [9.17, 15) is 9.59 Å². The van der Waals surface area contributed by atoms with E-state index < -0.39 is 23.7 Å². The number of carbonyl (C=O) groups excluding carboxylic acids is 2. The highest BCUT2D eigenvalue weighted by molar-refractivity contribution is 7.98. The third-order valence-corrected chi connectivity index (χ3v) is 3.60. The molecule has 1 amide bonds. The number of methoxy groups -OCH3 is 1. The van der Waals surface area contributed by atoms with Crippen molar-refractivity contribution >= 4 is 23.8 Å². The fourth-order valence-electron chi connectivity index (χ4n) is 2.14. The van der Waals surface area contributed by atoms with Crippen molar-refractivity contribution in [2.45, 2.75) is 44.1 Å². The largest absolute Gasteiger partial charge is 0.467 e. The Balaban J connectivity index is 2.35. The first kappa shape index (κ1) is 16.5. The molecule has 2 rings (SSSR count). The van der Waals surface area contributed by atoms with Crippen LogP contribution >= 0.6 is 11.8 Å². The molecule has 2 heterocycles. The third-order valence-electron chi connectivity index (χ3n) is 3.04. The number of rotatable bonds is 2. The number of hydrogen-bond donors (Lipinski definition) is 0. The SMILES string of the molecule is COC(=O)C1c2cnc(SC)nc2CN1C(=O)OC(C)(C)C. The van der Waals surface area contributed by atoms with Crippen LogP contribution in [0.2, 0.25) is 0 Å². The molecular formula is C14H19N3O4S. The standard InChI is InChI=1S/C14H19N3O4S/c1-14(2,3)21-13(19)17-7-9-8(10(17)11(18)20-4)6-15-12(16-9)22-5/h6,10H,7H2,1-5H3. The number of carbonyl (C=O) groups is 2. The highest BCUT2D eigenvalue weighted by Gasteiger charge is 2.42. The van der Waals surface area contributed by atoms with E-state index >= 15 is 0 Å². The lowest BCUT2D eigenvalue weighted by Crippen LogP contribution is -2.38. The molecule has 0 radical (unpaired) electrons. The van der Waals surface area contributed by atoms with Gasteiger partial charge in [-0.15, -0.1) is 0 Å². The van der Waals surface area contributed by atoms with Gasteiger partial charge in [0, 0.05) is 11.8 Å². The van der Waals surface area contributed by atoms with E-state index in [4.69, 9.17) is 9.47 Å². The van der Waals surface area contributed by atoms with Gasteiger partial charge in [0.15, 0.2) is 11.2 Å². The predicted molar refractivity (Wildman–Crippen MR) is 80.3 cm³/mol. The van der Waals surface area contributed by atoms with Gasteiger partial charge in [-0.05, 0) is 27.0 Å². The van der Waals surface area contributed by atoms with E-state index in [1.807, 2.05) is 6.26 Å². The van der Waals surface area contributed by atoms with E-state index in [2.05, 4.69) is 9.97 Å². The molecule has 0 saturated heterocycles. The lowest BCUT2D eigenvalue weighted by molar-refractivity contribution is -0.146. The molecule has 0 N–H and O–H groups in total. The maximum absolute atomic E-state index is 12.4. The predicted octanol–water partition coefficient (Wildman–Crippen LogP) is 2.16. The lowest BCUT2D eigenvalue weighted by atomic mass is 10.1. The minimum absolute atomic E-state index is 0.195. The fourth-order valence-corrected chi connectivity index (χ4v) is 2.50. The van der Waals surface area contributed by atoms with Crippen LogP contribution in [0, 0.1) is 0 Å². The van der Waals surface area contributed by atoms with Gasteiger partial charge in [-0.3, -0.25) is 4.90 Å². The smallest absolute Gasteiger partial charge is 0.411 e. The molecule has 1 aliphatic rings. The van der Waals surface area contributed by atoms with Crippen LogP contribution in [0.15, 0.2) is 11.4 Å². The van der Waals surface area contributed by atoms with Crippen molar-refractivity contribution < 1.29 is 19.1 Å². The molecule has 0 aliphatic carbocycles. The van der Waals surface area contributed by atoms with E-state index in [1.54, 1.807) is 27.0 Å². The zero-order valence-electron chi connectivity index (χ0n) is 13.2. The van der Waals surface area contributed by atoms with Gasteiger partial charge >= 0.3 is 12.1 Å². The topological polar surface area (TPSA) is 81.6 Å². The third kappa shape index (κ3) is 3.32. The summed E-state index contributed by atoms with van der Waals surface area (Å²) in [5.41, 5.74) is 0.568. The summed E-state index contributed by atoms with van der Waals surface area (Å²) in [6.07, 6.45) is 2.85. The number of thioether (sulfide) groups is 1. The molecule has 0 bridgehead atoms. The summed E-state index contributed by atoms with van der Waals surface area (Å²) in [6, 6.07) is -0.870. The average molecular weight is 325 g/mol. The Hall–Kier alpha value is -1.83. The van der Waals surface area contributed by atoms with Crippen LogP contribution in [-0.4, -0.2) is 45.9 Å². The first-order chi connectivity index (χ1) is 10.3. The van der Waals surface area contributed by atoms with Gasteiger partial charge in [0.05, 0.1) is 19.3 Å². The van der Waals surface area contributed by atoms with Gasteiger partial charge in [0.2, 0.25) is 0 Å². The second-order valence-corrected chi connectivity index (χ2v) is 6.57. The van der Waals surface area contributed by atoms with Crippen LogP contribution in [-0.2, 0) is 20.8 Å². The lowest BCUT2D eigenvalue weighted by Gasteiger charge is -2.27. The van der Waals surface area contributed by atoms with Crippen molar-refractivity contribution in [3.63, 3.8) is 0 Å². The van der Waals surface area contributed by atoms with Gasteiger partial charge in [0.25, 0.3) is 0 Å². The van der Waals surface area contributed by atoms with Gasteiger partial charge in [-0.1, -0.05) is 11.8 Å². The number of fused-ring (bicyclic) bond motifs is 1. The number of hydrogen-bond acceptors (Lipinski definition) is 7. The Morgan fingerprint density at radius 1 is 1.41 bits per heavy atom. The number of ether oxygens (including phenoxy) is 2. The first-order valence-corrected chi connectivity index (χ1v) is 7.96. The Labute approximate surface area is 133 Å². The van der Waals surface area contributed by atoms with Crippen molar-refractivity contribution in [3.8, 4) is 0 Å². The van der Waals surface area contributed by atoms with Crippen molar-refractivity contribution in [2.24, 2.45) is 0 Å². The summed E-state index contributed by atoms with van der Waals surface area (Å²) in [4.78, 5) is 34.3. The van der Waals surface area contributed by atoms with Crippen LogP contribution in [0.25, 0.3) is 0 Å². The summed E-state index contributed by atoms with van der Waals surface area (Å²) in [5.74, 6) is -0.537. The molecule has 22 heavy (non-hydrogen) atoms. The minimum atomic E-state index is -0.870. The van der Waals surface area contributed by atoms with Gasteiger partial charge < -0.3 is 9.47 Å². The summed E-state index contributed by atoms with van der Waals surface area (Å²) in [5, 5.41) is 0.591. The quantitative estimate of drug-likeness (QED) is 0.468. The molecule has 1 aromatic rings. The zero-order valence-corrected chi connectivity index (χ0v) is 14.1. The second kappa shape index (κ2) is 6.12. The molecular weight excluding hydrogens is 306 g/mol. The normalized spacial score (nSPS) is 17.1. The van der Waals surface area contributed by atoms with Crippen LogP contribution < -0.4 is 0 Å². The van der Waals surface area contributed by atoms with Crippen LogP contribution in [0.3, 0.4) is 0 Å². The van der Waals surface area contributed by atoms with Crippen LogP contribution in [0.1, 0.15) is 38.1 Å². The molecule has 0 saturated carbocycles. The summed E-state index contributed by atoms with van der Waals surface area (Å²) >= 11 is 1.40. The maximum Gasteiger partial charge on any atom is 0.411 e. The van der Waals surface area contributed by atoms with E-state index in [-0.39, 0.29) is 6.54 Å². The molecule has 0 fully saturated rings. The number of amides is 1. The monoisotopic (exact) mass is 325 g/mol. The molecule has 1 unspecified atom stereocenters. The number of aromatic nitrogens is 2. The molecule has 8 heteroatoms. The number of esters is 1. The second-order valence-electron chi connectivity index (χ2n) is 5.79. The fraction of sp³-hybridized carbons (Fsp3) is 0.571. The van der Waals surface area contributed by atoms with Crippen molar-refractivity contribution in [1.29, 1.82) is 0 Å². The molecule has 1 aliphatic heterocycles. The molecule has 120 valence electrons. The van der Waals surface area contributed by atoms with Crippen LogP contribution in [0.5, 0.6) is 0 Å². The molecule has 1 aromatic heterocycles. The Kier molecular flexibility index (Phi) is 4.60. The van der Waals surface area contributed by atoms with Gasteiger partial charge in [-0.25, -0.2) is 19.6 Å². The Morgan fingerprint density at radius 2 is 2.09 bits per heavy atom. The number of nitrogens with zero attached hydrogens (tertiary/aromatic N) is 3. The maximum atomic E-state index is 12.4. The van der Waals surface area contributed by atoms with Crippen molar-refractivity contribution in [2.75, 3.05) is 13.4 Å². The first-order valence-electron chi connectivity index (χ1n) is 6.74. The molecule has 0 aromatic carbocycles. The average Bonchev–Trinajstić information content (AvgIpc) is 2.83. The Morgan fingerprint density at radius 3 is 2.64 bits per heavy atom.